The minimum absolute atomic E-state index is 0.479. The number of aromatic amines is 1. The van der Waals surface area contributed by atoms with Crippen LogP contribution < -0.4 is 11.2 Å². The molecule has 1 saturated heterocycles. The largest absolute Gasteiger partial charge is 0.394 e. The van der Waals surface area contributed by atoms with Crippen LogP contribution in [-0.4, -0.2) is 38.6 Å². The molecule has 0 saturated carbocycles. The molecule has 2 heterocycles. The number of aliphatic hydroxyl groups excluding tert-OH is 2. The topological polar surface area (TPSA) is 128 Å². The number of rotatable bonds is 2. The average Bonchev–Trinajstić information content (AvgIpc) is 2.64. The molecule has 2 rings (SSSR count). The van der Waals surface area contributed by atoms with Gasteiger partial charge in [0.1, 0.15) is 12.2 Å². The lowest BCUT2D eigenvalue weighted by Crippen LogP contribution is -2.46. The van der Waals surface area contributed by atoms with Gasteiger partial charge in [0.2, 0.25) is 5.72 Å². The Hall–Kier alpha value is -1.95. The Balaban J connectivity index is 2.59. The molecule has 0 spiro atoms. The second-order valence-electron chi connectivity index (χ2n) is 4.41. The monoisotopic (exact) mass is 267 g/mol. The van der Waals surface area contributed by atoms with Crippen LogP contribution in [0.1, 0.15) is 6.92 Å². The Morgan fingerprint density at radius 2 is 2.32 bits per heavy atom. The van der Waals surface area contributed by atoms with E-state index in [9.17, 15) is 20.0 Å². The predicted molar refractivity (Wildman–Crippen MR) is 62.0 cm³/mol. The fraction of sp³-hybridized carbons (Fsp3) is 0.545. The number of hydrogen-bond donors (Lipinski definition) is 3. The van der Waals surface area contributed by atoms with Gasteiger partial charge in [0, 0.05) is 18.2 Å². The van der Waals surface area contributed by atoms with Gasteiger partial charge in [-0.2, -0.15) is 5.26 Å². The van der Waals surface area contributed by atoms with Gasteiger partial charge in [-0.1, -0.05) is 6.92 Å². The first kappa shape index (κ1) is 13.5. The highest BCUT2D eigenvalue weighted by Crippen LogP contribution is 2.38. The lowest BCUT2D eigenvalue weighted by Gasteiger charge is -2.27. The molecule has 19 heavy (non-hydrogen) atoms. The highest BCUT2D eigenvalue weighted by atomic mass is 16.6. The fourth-order valence-corrected chi connectivity index (χ4v) is 2.24. The Morgan fingerprint density at radius 1 is 1.63 bits per heavy atom. The van der Waals surface area contributed by atoms with Crippen LogP contribution in [0.5, 0.6) is 0 Å². The third kappa shape index (κ3) is 1.88. The van der Waals surface area contributed by atoms with Gasteiger partial charge >= 0.3 is 5.69 Å². The summed E-state index contributed by atoms with van der Waals surface area (Å²) in [7, 11) is 0. The minimum atomic E-state index is -1.76. The highest BCUT2D eigenvalue weighted by Gasteiger charge is 2.54. The van der Waals surface area contributed by atoms with E-state index in [-0.39, 0.29) is 0 Å². The predicted octanol–water partition coefficient (Wildman–Crippen LogP) is -1.90. The molecule has 1 fully saturated rings. The molecule has 0 aliphatic carbocycles. The van der Waals surface area contributed by atoms with Crippen LogP contribution in [-0.2, 0) is 10.5 Å². The quantitative estimate of drug-likeness (QED) is 0.574. The van der Waals surface area contributed by atoms with Crippen LogP contribution in [0.3, 0.4) is 0 Å². The summed E-state index contributed by atoms with van der Waals surface area (Å²) in [4.78, 5) is 24.8. The van der Waals surface area contributed by atoms with Gasteiger partial charge in [0.05, 0.1) is 12.7 Å². The van der Waals surface area contributed by atoms with Gasteiger partial charge in [-0.05, 0) is 0 Å². The standard InChI is InChI=1S/C11H13N3O5/c1-6-9(17)7(4-15)19-11(6,5-12)14-3-2-8(16)13-10(14)18/h2-3,6-7,9,15,17H,4H2,1H3,(H,13,16,18). The van der Waals surface area contributed by atoms with Crippen molar-refractivity contribution in [2.24, 2.45) is 5.92 Å². The van der Waals surface area contributed by atoms with Crippen molar-refractivity contribution in [3.8, 4) is 6.07 Å². The van der Waals surface area contributed by atoms with Crippen LogP contribution in [0.2, 0.25) is 0 Å². The Kier molecular flexibility index (Phi) is 3.28. The second kappa shape index (κ2) is 4.62. The van der Waals surface area contributed by atoms with E-state index in [1.54, 1.807) is 0 Å². The maximum Gasteiger partial charge on any atom is 0.331 e. The van der Waals surface area contributed by atoms with Crippen LogP contribution in [0.25, 0.3) is 0 Å². The van der Waals surface area contributed by atoms with Crippen LogP contribution in [0.15, 0.2) is 21.9 Å². The number of nitriles is 1. The molecule has 1 aromatic rings. The number of aromatic nitrogens is 2. The first-order valence-electron chi connectivity index (χ1n) is 5.66. The molecule has 0 radical (unpaired) electrons. The minimum Gasteiger partial charge on any atom is -0.394 e. The summed E-state index contributed by atoms with van der Waals surface area (Å²) < 4.78 is 6.27. The molecule has 1 aromatic heterocycles. The molecule has 0 aromatic carbocycles. The Bertz CT molecular complexity index is 630. The first-order valence-corrected chi connectivity index (χ1v) is 5.66. The van der Waals surface area contributed by atoms with Crippen molar-refractivity contribution in [1.29, 1.82) is 5.26 Å². The first-order chi connectivity index (χ1) is 8.96. The third-order valence-corrected chi connectivity index (χ3v) is 3.36. The summed E-state index contributed by atoms with van der Waals surface area (Å²) in [5.41, 5.74) is -3.17. The van der Waals surface area contributed by atoms with E-state index >= 15 is 0 Å². The van der Waals surface area contributed by atoms with Crippen molar-refractivity contribution < 1.29 is 14.9 Å². The molecular weight excluding hydrogens is 254 g/mol. The van der Waals surface area contributed by atoms with E-state index in [0.717, 1.165) is 16.8 Å². The SMILES string of the molecule is CC1C(O)C(CO)OC1(C#N)n1ccc(=O)[nH]c1=O. The van der Waals surface area contributed by atoms with Crippen LogP contribution in [0.4, 0.5) is 0 Å². The number of ether oxygens (including phenoxy) is 1. The van der Waals surface area contributed by atoms with Gasteiger partial charge in [-0.25, -0.2) is 4.79 Å². The van der Waals surface area contributed by atoms with Crippen LogP contribution in [0, 0.1) is 17.2 Å². The number of aliphatic hydroxyl groups is 2. The molecule has 4 unspecified atom stereocenters. The molecule has 4 atom stereocenters. The van der Waals surface area contributed by atoms with Crippen molar-refractivity contribution in [2.45, 2.75) is 24.9 Å². The summed E-state index contributed by atoms with van der Waals surface area (Å²) in [6.07, 6.45) is -0.926. The van der Waals surface area contributed by atoms with E-state index in [4.69, 9.17) is 9.84 Å². The van der Waals surface area contributed by atoms with Gasteiger partial charge < -0.3 is 14.9 Å². The lowest BCUT2D eigenvalue weighted by molar-refractivity contribution is -0.0919. The number of nitrogens with one attached hydrogen (secondary N) is 1. The Morgan fingerprint density at radius 3 is 2.79 bits per heavy atom. The summed E-state index contributed by atoms with van der Waals surface area (Å²) in [6, 6.07) is 2.92. The zero-order chi connectivity index (χ0) is 14.2. The lowest BCUT2D eigenvalue weighted by atomic mass is 9.94. The highest BCUT2D eigenvalue weighted by molar-refractivity contribution is 5.10. The maximum absolute atomic E-state index is 11.8. The average molecular weight is 267 g/mol. The molecule has 102 valence electrons. The van der Waals surface area contributed by atoms with Crippen molar-refractivity contribution in [3.63, 3.8) is 0 Å². The fourth-order valence-electron chi connectivity index (χ4n) is 2.24. The van der Waals surface area contributed by atoms with Crippen LogP contribution >= 0.6 is 0 Å². The zero-order valence-corrected chi connectivity index (χ0v) is 10.1. The Labute approximate surface area is 107 Å². The molecule has 3 N–H and O–H groups in total. The molecule has 1 aliphatic heterocycles. The summed E-state index contributed by atoms with van der Waals surface area (Å²) in [6.45, 7) is 1.05. The van der Waals surface area contributed by atoms with Gasteiger partial charge in [0.15, 0.2) is 0 Å². The molecule has 0 bridgehead atoms. The maximum atomic E-state index is 11.8. The van der Waals surface area contributed by atoms with Gasteiger partial charge in [0.25, 0.3) is 5.56 Å². The van der Waals surface area contributed by atoms with E-state index in [1.165, 1.54) is 6.92 Å². The summed E-state index contributed by atoms with van der Waals surface area (Å²) >= 11 is 0. The van der Waals surface area contributed by atoms with Crippen molar-refractivity contribution in [3.05, 3.63) is 33.1 Å². The molecule has 0 amide bonds. The van der Waals surface area contributed by atoms with E-state index < -0.39 is 41.7 Å². The van der Waals surface area contributed by atoms with E-state index in [1.807, 2.05) is 11.1 Å². The molecule has 1 aliphatic rings. The normalized spacial score (nSPS) is 34.1. The number of nitrogens with zero attached hydrogens (tertiary/aromatic N) is 2. The number of H-pyrrole nitrogens is 1. The molecule has 8 heteroatoms. The van der Waals surface area contributed by atoms with Gasteiger partial charge in [-0.15, -0.1) is 0 Å². The smallest absolute Gasteiger partial charge is 0.331 e. The molecular formula is C11H13N3O5. The second-order valence-corrected chi connectivity index (χ2v) is 4.41. The van der Waals surface area contributed by atoms with Crippen molar-refractivity contribution in [2.75, 3.05) is 6.61 Å². The van der Waals surface area contributed by atoms with E-state index in [2.05, 4.69) is 0 Å². The molecule has 8 nitrogen and oxygen atoms in total. The third-order valence-electron chi connectivity index (χ3n) is 3.36. The zero-order valence-electron chi connectivity index (χ0n) is 10.1. The van der Waals surface area contributed by atoms with Crippen molar-refractivity contribution in [1.82, 2.24) is 9.55 Å². The van der Waals surface area contributed by atoms with Gasteiger partial charge in [-0.3, -0.25) is 14.3 Å². The number of hydrogen-bond acceptors (Lipinski definition) is 6. The van der Waals surface area contributed by atoms with Crippen molar-refractivity contribution >= 4 is 0 Å². The van der Waals surface area contributed by atoms with E-state index in [0.29, 0.717) is 0 Å². The summed E-state index contributed by atoms with van der Waals surface area (Å²) in [5, 5.41) is 28.4. The summed E-state index contributed by atoms with van der Waals surface area (Å²) in [5.74, 6) is -0.752.